The summed E-state index contributed by atoms with van der Waals surface area (Å²) >= 11 is 4.45. The Morgan fingerprint density at radius 1 is 1.24 bits per heavy atom. The Balaban J connectivity index is 0.00000161. The van der Waals surface area contributed by atoms with Gasteiger partial charge in [-0.1, -0.05) is 30.2 Å². The predicted octanol–water partition coefficient (Wildman–Crippen LogP) is 4.77. The maximum absolute atomic E-state index is 4.73. The van der Waals surface area contributed by atoms with Crippen LogP contribution in [0.2, 0.25) is 0 Å². The Morgan fingerprint density at radius 3 is 2.71 bits per heavy atom. The number of hydrogen-bond donors (Lipinski definition) is 1. The molecule has 0 spiro atoms. The fourth-order valence-corrected chi connectivity index (χ4v) is 3.19. The number of nitrogens with zero attached hydrogens (tertiary/aromatic N) is 2. The van der Waals surface area contributed by atoms with E-state index in [2.05, 4.69) is 42.7 Å². The van der Waals surface area contributed by atoms with E-state index in [0.29, 0.717) is 5.25 Å². The van der Waals surface area contributed by atoms with Gasteiger partial charge in [0, 0.05) is 38.1 Å². The SMILES string of the molecule is Cc1ccc([N-]CC2CC(S)C2)cc1-c1ccccn1.[W]. The fraction of sp³-hybridized carbons (Fsp3) is 0.353. The summed E-state index contributed by atoms with van der Waals surface area (Å²) in [5, 5.41) is 5.32. The first-order valence-corrected chi connectivity index (χ1v) is 7.61. The second kappa shape index (κ2) is 7.46. The van der Waals surface area contributed by atoms with E-state index in [9.17, 15) is 0 Å². The number of benzene rings is 1. The van der Waals surface area contributed by atoms with Gasteiger partial charge in [0.05, 0.1) is 5.69 Å². The summed E-state index contributed by atoms with van der Waals surface area (Å²) < 4.78 is 0. The normalized spacial score (nSPS) is 20.3. The molecule has 1 saturated carbocycles. The van der Waals surface area contributed by atoms with Crippen molar-refractivity contribution >= 4 is 18.3 Å². The van der Waals surface area contributed by atoms with Crippen LogP contribution in [0.5, 0.6) is 0 Å². The Labute approximate surface area is 146 Å². The maximum atomic E-state index is 4.73. The number of rotatable bonds is 4. The standard InChI is InChI=1S/C17H19N2S.W/c1-12-5-6-14(19-11-13-8-15(20)9-13)10-16(12)17-4-2-3-7-18-17;/h2-7,10,13,15,20H,8-9,11H2,1H3;/q-1;. The van der Waals surface area contributed by atoms with Crippen molar-refractivity contribution in [3.8, 4) is 11.3 Å². The smallest absolute Gasteiger partial charge is 0.0704 e. The zero-order chi connectivity index (χ0) is 13.9. The first-order chi connectivity index (χ1) is 9.72. The molecule has 0 N–H and O–H groups in total. The number of aryl methyl sites for hydroxylation is 1. The van der Waals surface area contributed by atoms with Gasteiger partial charge >= 0.3 is 0 Å². The van der Waals surface area contributed by atoms with Gasteiger partial charge in [0.25, 0.3) is 0 Å². The molecular weight excluding hydrogens is 448 g/mol. The van der Waals surface area contributed by atoms with E-state index in [1.54, 1.807) is 0 Å². The van der Waals surface area contributed by atoms with Crippen LogP contribution in [0.15, 0.2) is 42.6 Å². The third-order valence-corrected chi connectivity index (χ3v) is 4.33. The van der Waals surface area contributed by atoms with Gasteiger partial charge in [-0.2, -0.15) is 12.6 Å². The summed E-state index contributed by atoms with van der Waals surface area (Å²) in [5.74, 6) is 0.720. The third-order valence-electron chi connectivity index (χ3n) is 3.90. The van der Waals surface area contributed by atoms with E-state index >= 15 is 0 Å². The number of aromatic nitrogens is 1. The minimum Gasteiger partial charge on any atom is -0.684 e. The molecule has 0 bridgehead atoms. The summed E-state index contributed by atoms with van der Waals surface area (Å²) in [5.41, 5.74) is 4.48. The van der Waals surface area contributed by atoms with E-state index in [1.165, 1.54) is 24.0 Å². The Kier molecular flexibility index (Phi) is 5.89. The van der Waals surface area contributed by atoms with Gasteiger partial charge in [0.15, 0.2) is 0 Å². The van der Waals surface area contributed by atoms with Crippen LogP contribution in [-0.4, -0.2) is 16.8 Å². The van der Waals surface area contributed by atoms with Gasteiger partial charge < -0.3 is 5.32 Å². The van der Waals surface area contributed by atoms with E-state index < -0.39 is 0 Å². The zero-order valence-electron chi connectivity index (χ0n) is 12.1. The van der Waals surface area contributed by atoms with Gasteiger partial charge in [-0.25, -0.2) is 0 Å². The van der Waals surface area contributed by atoms with Crippen molar-refractivity contribution in [1.29, 1.82) is 0 Å². The largest absolute Gasteiger partial charge is 0.684 e. The van der Waals surface area contributed by atoms with Crippen LogP contribution in [0.3, 0.4) is 0 Å². The average Bonchev–Trinajstić information content (AvgIpc) is 2.45. The number of pyridine rings is 1. The van der Waals surface area contributed by atoms with Crippen molar-refractivity contribution in [3.05, 3.63) is 53.5 Å². The van der Waals surface area contributed by atoms with Crippen LogP contribution >= 0.6 is 12.6 Å². The fourth-order valence-electron chi connectivity index (χ4n) is 2.59. The third kappa shape index (κ3) is 4.11. The summed E-state index contributed by atoms with van der Waals surface area (Å²) in [4.78, 5) is 4.43. The molecule has 1 aliphatic rings. The Morgan fingerprint density at radius 2 is 2.05 bits per heavy atom. The minimum absolute atomic E-state index is 0. The second-order valence-corrected chi connectivity index (χ2v) is 6.28. The average molecular weight is 467 g/mol. The molecule has 3 rings (SSSR count). The van der Waals surface area contributed by atoms with E-state index in [-0.39, 0.29) is 21.1 Å². The van der Waals surface area contributed by atoms with Crippen LogP contribution in [0.25, 0.3) is 16.6 Å². The molecule has 1 heterocycles. The minimum atomic E-state index is 0. The molecule has 1 aromatic heterocycles. The summed E-state index contributed by atoms with van der Waals surface area (Å²) in [7, 11) is 0. The molecule has 0 radical (unpaired) electrons. The molecule has 0 unspecified atom stereocenters. The molecule has 110 valence electrons. The van der Waals surface area contributed by atoms with Crippen molar-refractivity contribution in [2.75, 3.05) is 6.54 Å². The number of hydrogen-bond acceptors (Lipinski definition) is 2. The zero-order valence-corrected chi connectivity index (χ0v) is 15.9. The Bertz CT molecular complexity index is 583. The molecular formula is C17H19N2SW-. The van der Waals surface area contributed by atoms with Crippen LogP contribution in [-0.2, 0) is 21.1 Å². The van der Waals surface area contributed by atoms with Gasteiger partial charge in [-0.3, -0.25) is 4.98 Å². The Hall–Kier alpha value is -0.792. The summed E-state index contributed by atoms with van der Waals surface area (Å²) in [6.07, 6.45) is 4.23. The molecule has 1 aromatic carbocycles. The van der Waals surface area contributed by atoms with Gasteiger partial charge in [0.1, 0.15) is 0 Å². The van der Waals surface area contributed by atoms with Crippen LogP contribution in [0.1, 0.15) is 18.4 Å². The molecule has 2 aromatic rings. The first kappa shape index (κ1) is 16.6. The molecule has 0 amide bonds. The molecule has 0 atom stereocenters. The topological polar surface area (TPSA) is 27.0 Å². The van der Waals surface area contributed by atoms with E-state index in [0.717, 1.165) is 23.8 Å². The molecule has 1 fully saturated rings. The number of thiol groups is 1. The van der Waals surface area contributed by atoms with Gasteiger partial charge in [-0.05, 0) is 37.5 Å². The predicted molar refractivity (Wildman–Crippen MR) is 87.8 cm³/mol. The van der Waals surface area contributed by atoms with Crippen molar-refractivity contribution < 1.29 is 21.1 Å². The van der Waals surface area contributed by atoms with Crippen molar-refractivity contribution in [3.63, 3.8) is 0 Å². The second-order valence-electron chi connectivity index (χ2n) is 5.55. The molecule has 4 heteroatoms. The molecule has 1 aliphatic carbocycles. The molecule has 2 nitrogen and oxygen atoms in total. The molecule has 21 heavy (non-hydrogen) atoms. The maximum Gasteiger partial charge on any atom is 0.0704 e. The molecule has 0 saturated heterocycles. The van der Waals surface area contributed by atoms with E-state index in [4.69, 9.17) is 5.32 Å². The van der Waals surface area contributed by atoms with Crippen LogP contribution in [0, 0.1) is 12.8 Å². The first-order valence-electron chi connectivity index (χ1n) is 7.10. The molecule has 0 aliphatic heterocycles. The van der Waals surface area contributed by atoms with Crippen molar-refractivity contribution in [2.45, 2.75) is 25.0 Å². The summed E-state index contributed by atoms with van der Waals surface area (Å²) in [6.45, 7) is 3.03. The van der Waals surface area contributed by atoms with Crippen LogP contribution < -0.4 is 0 Å². The van der Waals surface area contributed by atoms with Crippen molar-refractivity contribution in [1.82, 2.24) is 4.98 Å². The van der Waals surface area contributed by atoms with Gasteiger partial charge in [0.2, 0.25) is 0 Å². The van der Waals surface area contributed by atoms with E-state index in [1.807, 2.05) is 24.4 Å². The van der Waals surface area contributed by atoms with Crippen LogP contribution in [0.4, 0.5) is 5.69 Å². The van der Waals surface area contributed by atoms with Crippen molar-refractivity contribution in [2.24, 2.45) is 5.92 Å². The van der Waals surface area contributed by atoms with Gasteiger partial charge in [-0.15, -0.1) is 12.2 Å². The quantitative estimate of drug-likeness (QED) is 0.645. The summed E-state index contributed by atoms with van der Waals surface area (Å²) in [6, 6.07) is 12.4. The monoisotopic (exact) mass is 467 g/mol.